The third-order valence-corrected chi connectivity index (χ3v) is 6.31. The molecule has 2 aliphatic rings. The standard InChI is InChI=1S/C17H10OS2/c18-12-8-14-16(17-13(20-14)5-6-19-17)15-10-4-2-1-3-9(10)7-11(12)15/h1-5,7-8,18H,6H2. The number of hydrogen-bond acceptors (Lipinski definition) is 3. The van der Waals surface area contributed by atoms with E-state index < -0.39 is 0 Å². The van der Waals surface area contributed by atoms with Crippen molar-refractivity contribution in [1.29, 1.82) is 0 Å². The molecule has 0 bridgehead atoms. The molecule has 0 amide bonds. The lowest BCUT2D eigenvalue weighted by molar-refractivity contribution is 0.474. The van der Waals surface area contributed by atoms with Crippen LogP contribution in [0.15, 0.2) is 35.2 Å². The summed E-state index contributed by atoms with van der Waals surface area (Å²) in [6.07, 6.45) is 4.39. The molecule has 0 fully saturated rings. The average molecular weight is 294 g/mol. The van der Waals surface area contributed by atoms with E-state index in [0.717, 1.165) is 11.3 Å². The van der Waals surface area contributed by atoms with E-state index in [9.17, 15) is 5.11 Å². The highest BCUT2D eigenvalue weighted by molar-refractivity contribution is 8.00. The summed E-state index contributed by atoms with van der Waals surface area (Å²) in [6.45, 7) is 0. The van der Waals surface area contributed by atoms with Crippen molar-refractivity contribution in [3.05, 3.63) is 56.1 Å². The van der Waals surface area contributed by atoms with E-state index >= 15 is 0 Å². The van der Waals surface area contributed by atoms with Crippen molar-refractivity contribution < 1.29 is 5.11 Å². The van der Waals surface area contributed by atoms with Gasteiger partial charge in [0.2, 0.25) is 0 Å². The molecule has 3 heteroatoms. The van der Waals surface area contributed by atoms with Crippen molar-refractivity contribution in [1.82, 2.24) is 0 Å². The molecule has 0 saturated heterocycles. The normalized spacial score (nSPS) is 14.6. The van der Waals surface area contributed by atoms with Crippen LogP contribution < -0.4 is 9.75 Å². The van der Waals surface area contributed by atoms with Crippen molar-refractivity contribution in [3.63, 3.8) is 0 Å². The van der Waals surface area contributed by atoms with Gasteiger partial charge in [0.15, 0.2) is 0 Å². The summed E-state index contributed by atoms with van der Waals surface area (Å²) >= 11 is 3.70. The lowest BCUT2D eigenvalue weighted by Gasteiger charge is -2.02. The van der Waals surface area contributed by atoms with Crippen LogP contribution in [-0.2, 0) is 0 Å². The van der Waals surface area contributed by atoms with E-state index in [1.807, 2.05) is 17.8 Å². The maximum absolute atomic E-state index is 10.4. The molecule has 1 aliphatic heterocycles. The number of fused-ring (bicyclic) bond motifs is 6. The minimum atomic E-state index is 0.397. The maximum atomic E-state index is 10.4. The van der Waals surface area contributed by atoms with E-state index in [2.05, 4.69) is 36.4 Å². The zero-order valence-electron chi connectivity index (χ0n) is 10.5. The molecular formula is C17H10OS2. The minimum absolute atomic E-state index is 0.397. The van der Waals surface area contributed by atoms with Crippen LogP contribution in [0.25, 0.3) is 22.2 Å². The SMILES string of the molecule is Oc1cc2sc3c(c2c2c1C=c1ccccc1=2)SCC=3. The van der Waals surface area contributed by atoms with E-state index in [1.54, 1.807) is 11.3 Å². The predicted molar refractivity (Wildman–Crippen MR) is 85.6 cm³/mol. The Labute approximate surface area is 123 Å². The smallest absolute Gasteiger partial charge is 0.124 e. The maximum Gasteiger partial charge on any atom is 0.124 e. The summed E-state index contributed by atoms with van der Waals surface area (Å²) in [5.41, 5.74) is 0.979. The highest BCUT2D eigenvalue weighted by Gasteiger charge is 2.18. The third kappa shape index (κ3) is 1.25. The molecule has 1 nitrogen and oxygen atoms in total. The van der Waals surface area contributed by atoms with Crippen molar-refractivity contribution in [2.24, 2.45) is 0 Å². The Hall–Kier alpha value is -1.71. The summed E-state index contributed by atoms with van der Waals surface area (Å²) in [5, 5.41) is 15.4. The fraction of sp³-hybridized carbons (Fsp3) is 0.0588. The second-order valence-corrected chi connectivity index (χ2v) is 7.21. The number of thiophene rings is 1. The number of aromatic hydroxyl groups is 1. The number of rotatable bonds is 0. The number of thioether (sulfide) groups is 1. The molecule has 0 unspecified atom stereocenters. The first-order chi connectivity index (χ1) is 9.83. The number of phenolic OH excluding ortho intramolecular Hbond substituents is 1. The lowest BCUT2D eigenvalue weighted by Crippen LogP contribution is -1.97. The van der Waals surface area contributed by atoms with Gasteiger partial charge >= 0.3 is 0 Å². The molecule has 20 heavy (non-hydrogen) atoms. The van der Waals surface area contributed by atoms with Crippen LogP contribution >= 0.6 is 23.1 Å². The number of phenols is 1. The van der Waals surface area contributed by atoms with Crippen molar-refractivity contribution in [2.45, 2.75) is 4.90 Å². The van der Waals surface area contributed by atoms with Gasteiger partial charge < -0.3 is 5.11 Å². The Morgan fingerprint density at radius 1 is 1.15 bits per heavy atom. The first-order valence-corrected chi connectivity index (χ1v) is 8.36. The zero-order valence-corrected chi connectivity index (χ0v) is 12.1. The van der Waals surface area contributed by atoms with Crippen molar-refractivity contribution in [3.8, 4) is 5.75 Å². The molecule has 2 aromatic carbocycles. The van der Waals surface area contributed by atoms with Gasteiger partial charge in [0.25, 0.3) is 0 Å². The van der Waals surface area contributed by atoms with Crippen molar-refractivity contribution in [2.75, 3.05) is 5.75 Å². The first-order valence-electron chi connectivity index (χ1n) is 6.55. The fourth-order valence-electron chi connectivity index (χ4n) is 3.16. The lowest BCUT2D eigenvalue weighted by atomic mass is 10.1. The Bertz CT molecular complexity index is 1110. The van der Waals surface area contributed by atoms with Gasteiger partial charge in [-0.2, -0.15) is 0 Å². The van der Waals surface area contributed by atoms with Crippen molar-refractivity contribution >= 4 is 45.3 Å². The molecule has 3 aromatic rings. The van der Waals surface area contributed by atoms with Gasteiger partial charge in [-0.3, -0.25) is 0 Å². The van der Waals surface area contributed by atoms with Gasteiger partial charge in [-0.15, -0.1) is 23.1 Å². The molecule has 0 saturated carbocycles. The number of benzene rings is 2. The highest BCUT2D eigenvalue weighted by Crippen LogP contribution is 2.38. The van der Waals surface area contributed by atoms with Crippen LogP contribution in [0.1, 0.15) is 5.56 Å². The number of hydrogen-bond donors (Lipinski definition) is 1. The predicted octanol–water partition coefficient (Wildman–Crippen LogP) is 2.92. The molecule has 96 valence electrons. The van der Waals surface area contributed by atoms with Gasteiger partial charge in [-0.05, 0) is 22.6 Å². The first kappa shape index (κ1) is 11.0. The second-order valence-electron chi connectivity index (χ2n) is 5.10. The summed E-state index contributed by atoms with van der Waals surface area (Å²) in [4.78, 5) is 1.39. The quantitative estimate of drug-likeness (QED) is 0.538. The molecule has 2 heterocycles. The molecule has 5 rings (SSSR count). The topological polar surface area (TPSA) is 20.2 Å². The molecule has 0 radical (unpaired) electrons. The summed E-state index contributed by atoms with van der Waals surface area (Å²) < 4.78 is 2.56. The summed E-state index contributed by atoms with van der Waals surface area (Å²) in [6, 6.07) is 10.3. The van der Waals surface area contributed by atoms with E-state index in [0.29, 0.717) is 5.75 Å². The Morgan fingerprint density at radius 3 is 3.00 bits per heavy atom. The summed E-state index contributed by atoms with van der Waals surface area (Å²) in [5.74, 6) is 1.46. The Kier molecular flexibility index (Phi) is 2.03. The molecular weight excluding hydrogens is 284 g/mol. The molecule has 1 aromatic heterocycles. The highest BCUT2D eigenvalue weighted by atomic mass is 32.2. The van der Waals surface area contributed by atoms with Crippen LogP contribution in [0.2, 0.25) is 0 Å². The van der Waals surface area contributed by atoms with Gasteiger partial charge in [0, 0.05) is 36.0 Å². The molecule has 0 atom stereocenters. The van der Waals surface area contributed by atoms with Crippen LogP contribution in [0.3, 0.4) is 0 Å². The molecule has 1 aliphatic carbocycles. The molecule has 0 spiro atoms. The molecule has 1 N–H and O–H groups in total. The minimum Gasteiger partial charge on any atom is -0.507 e. The van der Waals surface area contributed by atoms with Gasteiger partial charge in [-0.1, -0.05) is 30.3 Å². The monoisotopic (exact) mass is 294 g/mol. The fourth-order valence-corrected chi connectivity index (χ4v) is 5.71. The van der Waals surface area contributed by atoms with Gasteiger partial charge in [-0.25, -0.2) is 0 Å². The van der Waals surface area contributed by atoms with E-state index in [1.165, 1.54) is 35.2 Å². The Balaban J connectivity index is 2.21. The average Bonchev–Trinajstić information content (AvgIpc) is 3.10. The van der Waals surface area contributed by atoms with Gasteiger partial charge in [0.1, 0.15) is 5.75 Å². The van der Waals surface area contributed by atoms with E-state index in [-0.39, 0.29) is 0 Å². The van der Waals surface area contributed by atoms with Gasteiger partial charge in [0.05, 0.1) is 0 Å². The second kappa shape index (κ2) is 3.68. The van der Waals surface area contributed by atoms with Crippen LogP contribution in [0.4, 0.5) is 0 Å². The zero-order chi connectivity index (χ0) is 13.3. The summed E-state index contributed by atoms with van der Waals surface area (Å²) in [7, 11) is 0. The van der Waals surface area contributed by atoms with E-state index in [4.69, 9.17) is 0 Å². The third-order valence-electron chi connectivity index (χ3n) is 4.01. The Morgan fingerprint density at radius 2 is 2.05 bits per heavy atom. The van der Waals surface area contributed by atoms with Crippen LogP contribution in [0.5, 0.6) is 5.75 Å². The van der Waals surface area contributed by atoms with Crippen LogP contribution in [0, 0.1) is 10.4 Å². The van der Waals surface area contributed by atoms with Crippen LogP contribution in [-0.4, -0.2) is 10.9 Å². The largest absolute Gasteiger partial charge is 0.507 e.